The summed E-state index contributed by atoms with van der Waals surface area (Å²) in [6, 6.07) is 5.39. The molecule has 2 N–H and O–H groups in total. The maximum atomic E-state index is 13.2. The number of nitrogens with zero attached hydrogens (tertiary/aromatic N) is 4. The molecule has 2 aromatic rings. The number of hydrogen-bond acceptors (Lipinski definition) is 6. The van der Waals surface area contributed by atoms with E-state index in [1.54, 1.807) is 11.1 Å². The number of fused-ring (bicyclic) bond motifs is 2. The summed E-state index contributed by atoms with van der Waals surface area (Å²) in [6.45, 7) is 3.25. The van der Waals surface area contributed by atoms with E-state index in [9.17, 15) is 14.7 Å². The maximum Gasteiger partial charge on any atom is 0.320 e. The number of rotatable bonds is 8. The van der Waals surface area contributed by atoms with Crippen LogP contribution in [0.15, 0.2) is 24.4 Å². The molecule has 0 aliphatic carbocycles. The Kier molecular flexibility index (Phi) is 6.02. The van der Waals surface area contributed by atoms with Gasteiger partial charge in [0.2, 0.25) is 0 Å². The van der Waals surface area contributed by atoms with Gasteiger partial charge in [0, 0.05) is 44.5 Å². The van der Waals surface area contributed by atoms with E-state index >= 15 is 0 Å². The van der Waals surface area contributed by atoms with Gasteiger partial charge in [-0.25, -0.2) is 9.78 Å². The van der Waals surface area contributed by atoms with Crippen molar-refractivity contribution in [3.63, 3.8) is 0 Å². The van der Waals surface area contributed by atoms with Gasteiger partial charge in [-0.1, -0.05) is 6.07 Å². The predicted molar refractivity (Wildman–Crippen MR) is 121 cm³/mol. The fraction of sp³-hybridized carbons (Fsp3) is 0.500. The molecule has 2 aromatic heterocycles. The van der Waals surface area contributed by atoms with Gasteiger partial charge in [-0.15, -0.1) is 0 Å². The number of aliphatic carboxylic acids is 1. The van der Waals surface area contributed by atoms with E-state index in [2.05, 4.69) is 22.4 Å². The summed E-state index contributed by atoms with van der Waals surface area (Å²) in [5.41, 5.74) is 3.89. The smallest absolute Gasteiger partial charge is 0.320 e. The van der Waals surface area contributed by atoms with Crippen LogP contribution in [0.1, 0.15) is 47.8 Å². The Morgan fingerprint density at radius 1 is 1.27 bits per heavy atom. The molecule has 1 atom stereocenters. The maximum absolute atomic E-state index is 13.2. The number of nitrogens with one attached hydrogen (secondary N) is 1. The highest BCUT2D eigenvalue weighted by Crippen LogP contribution is 2.33. The largest absolute Gasteiger partial charge is 0.491 e. The van der Waals surface area contributed by atoms with Crippen molar-refractivity contribution in [3.8, 4) is 5.75 Å². The number of aryl methyl sites for hydroxylation is 2. The summed E-state index contributed by atoms with van der Waals surface area (Å²) < 4.78 is 5.60. The zero-order chi connectivity index (χ0) is 22.8. The number of amides is 2. The van der Waals surface area contributed by atoms with Gasteiger partial charge in [0.15, 0.2) is 0 Å². The first kappa shape index (κ1) is 21.5. The van der Waals surface area contributed by atoms with Gasteiger partial charge in [-0.2, -0.15) is 0 Å². The normalized spacial score (nSPS) is 17.9. The molecule has 0 aromatic carbocycles. The van der Waals surface area contributed by atoms with Crippen LogP contribution in [-0.4, -0.2) is 69.7 Å². The average Bonchev–Trinajstić information content (AvgIpc) is 3.43. The minimum Gasteiger partial charge on any atom is -0.491 e. The molecule has 2 amide bonds. The van der Waals surface area contributed by atoms with Gasteiger partial charge in [0.1, 0.15) is 11.6 Å². The molecular formula is C24H29N5O4. The second kappa shape index (κ2) is 9.25. The van der Waals surface area contributed by atoms with E-state index in [1.807, 2.05) is 11.0 Å². The van der Waals surface area contributed by atoms with Crippen LogP contribution in [0.2, 0.25) is 0 Å². The number of carboxylic acid groups (broad SMARTS) is 1. The molecule has 33 heavy (non-hydrogen) atoms. The minimum atomic E-state index is -0.945. The molecule has 1 saturated heterocycles. The molecular weight excluding hydrogens is 422 g/mol. The number of hydrogen-bond donors (Lipinski definition) is 2. The fourth-order valence-electron chi connectivity index (χ4n) is 4.87. The number of carboxylic acids is 1. The average molecular weight is 452 g/mol. The van der Waals surface area contributed by atoms with Crippen LogP contribution >= 0.6 is 0 Å². The molecule has 9 heteroatoms. The van der Waals surface area contributed by atoms with Crippen molar-refractivity contribution in [2.24, 2.45) is 0 Å². The number of ether oxygens (including phenoxy) is 1. The lowest BCUT2D eigenvalue weighted by Crippen LogP contribution is -2.36. The summed E-state index contributed by atoms with van der Waals surface area (Å²) in [5.74, 6) is 0.740. The number of anilines is 1. The molecule has 174 valence electrons. The number of carbonyl (C=O) groups excluding carboxylic acids is 1. The van der Waals surface area contributed by atoms with Crippen LogP contribution in [0.25, 0.3) is 0 Å². The lowest BCUT2D eigenvalue weighted by Gasteiger charge is -2.27. The van der Waals surface area contributed by atoms with E-state index in [0.717, 1.165) is 55.9 Å². The van der Waals surface area contributed by atoms with Gasteiger partial charge in [-0.3, -0.25) is 9.78 Å². The Hall–Kier alpha value is -3.36. The van der Waals surface area contributed by atoms with Gasteiger partial charge in [0.25, 0.3) is 0 Å². The molecule has 1 fully saturated rings. The Morgan fingerprint density at radius 2 is 2.18 bits per heavy atom. The molecule has 5 rings (SSSR count). The molecule has 0 spiro atoms. The molecule has 9 nitrogen and oxygen atoms in total. The number of pyridine rings is 2. The quantitative estimate of drug-likeness (QED) is 0.635. The van der Waals surface area contributed by atoms with E-state index in [1.165, 1.54) is 5.56 Å². The molecule has 1 unspecified atom stereocenters. The number of urea groups is 1. The molecule has 3 aliphatic heterocycles. The summed E-state index contributed by atoms with van der Waals surface area (Å²) in [5, 5.41) is 12.8. The fourth-order valence-corrected chi connectivity index (χ4v) is 4.87. The van der Waals surface area contributed by atoms with Crippen molar-refractivity contribution in [2.75, 3.05) is 38.1 Å². The van der Waals surface area contributed by atoms with Gasteiger partial charge in [-0.05, 0) is 48.9 Å². The van der Waals surface area contributed by atoms with Crippen LogP contribution in [-0.2, 0) is 24.1 Å². The number of carbonyl (C=O) groups is 2. The predicted octanol–water partition coefficient (Wildman–Crippen LogP) is 2.66. The van der Waals surface area contributed by atoms with Crippen molar-refractivity contribution < 1.29 is 19.4 Å². The second-order valence-electron chi connectivity index (χ2n) is 8.83. The third-order valence-electron chi connectivity index (χ3n) is 6.62. The standard InChI is InChI=1S/C24H29N5O4/c30-22(31)14-20(17-13-21-19(26-15-17)7-12-33-21)29-11-10-28(24(29)32)9-2-4-18-6-5-16-3-1-8-25-23(16)27-18/h5-6,13,15,20H,1-4,7-12,14H2,(H,25,27)(H,30,31). The molecule has 5 heterocycles. The summed E-state index contributed by atoms with van der Waals surface area (Å²) in [4.78, 5) is 37.4. The molecule has 0 radical (unpaired) electrons. The summed E-state index contributed by atoms with van der Waals surface area (Å²) in [6.07, 6.45) is 6.09. The topological polar surface area (TPSA) is 108 Å². The van der Waals surface area contributed by atoms with Gasteiger partial charge >= 0.3 is 12.0 Å². The first-order valence-electron chi connectivity index (χ1n) is 11.7. The van der Waals surface area contributed by atoms with Crippen LogP contribution < -0.4 is 10.1 Å². The van der Waals surface area contributed by atoms with Crippen molar-refractivity contribution in [2.45, 2.75) is 44.6 Å². The summed E-state index contributed by atoms with van der Waals surface area (Å²) >= 11 is 0. The van der Waals surface area contributed by atoms with Crippen molar-refractivity contribution in [1.82, 2.24) is 19.8 Å². The van der Waals surface area contributed by atoms with Gasteiger partial charge in [0.05, 0.1) is 24.8 Å². The third-order valence-corrected chi connectivity index (χ3v) is 6.62. The van der Waals surface area contributed by atoms with E-state index in [-0.39, 0.29) is 12.5 Å². The highest BCUT2D eigenvalue weighted by atomic mass is 16.5. The van der Waals surface area contributed by atoms with Crippen LogP contribution in [0.5, 0.6) is 5.75 Å². The number of aromatic nitrogens is 2. The zero-order valence-electron chi connectivity index (χ0n) is 18.6. The summed E-state index contributed by atoms with van der Waals surface area (Å²) in [7, 11) is 0. The minimum absolute atomic E-state index is 0.122. The first-order valence-corrected chi connectivity index (χ1v) is 11.7. The van der Waals surface area contributed by atoms with Gasteiger partial charge < -0.3 is 25.0 Å². The highest BCUT2D eigenvalue weighted by Gasteiger charge is 2.36. The Balaban J connectivity index is 1.22. The van der Waals surface area contributed by atoms with Crippen molar-refractivity contribution in [3.05, 3.63) is 46.9 Å². The molecule has 0 saturated carbocycles. The van der Waals surface area contributed by atoms with Crippen molar-refractivity contribution in [1.29, 1.82) is 0 Å². The van der Waals surface area contributed by atoms with Crippen LogP contribution in [0.4, 0.5) is 10.6 Å². The molecule has 0 bridgehead atoms. The molecule has 3 aliphatic rings. The van der Waals surface area contributed by atoms with Crippen LogP contribution in [0.3, 0.4) is 0 Å². The van der Waals surface area contributed by atoms with E-state index in [4.69, 9.17) is 9.72 Å². The highest BCUT2D eigenvalue weighted by molar-refractivity contribution is 5.78. The zero-order valence-corrected chi connectivity index (χ0v) is 18.6. The second-order valence-corrected chi connectivity index (χ2v) is 8.83. The van der Waals surface area contributed by atoms with E-state index in [0.29, 0.717) is 37.6 Å². The van der Waals surface area contributed by atoms with Crippen molar-refractivity contribution >= 4 is 17.8 Å². The Bertz CT molecular complexity index is 1060. The monoisotopic (exact) mass is 451 g/mol. The lowest BCUT2D eigenvalue weighted by molar-refractivity contribution is -0.138. The third kappa shape index (κ3) is 4.58. The Labute approximate surface area is 192 Å². The van der Waals surface area contributed by atoms with Crippen LogP contribution in [0, 0.1) is 0 Å². The first-order chi connectivity index (χ1) is 16.1. The SMILES string of the molecule is O=C(O)CC(c1cnc2c(c1)OCC2)N1CCN(CCCc2ccc3c(n2)NCCC3)C1=O. The van der Waals surface area contributed by atoms with E-state index < -0.39 is 12.0 Å². The Morgan fingerprint density at radius 3 is 3.06 bits per heavy atom. The lowest BCUT2D eigenvalue weighted by atomic mass is 10.0.